The Labute approximate surface area is 108 Å². The van der Waals surface area contributed by atoms with Crippen LogP contribution in [0.1, 0.15) is 42.8 Å². The van der Waals surface area contributed by atoms with Crippen molar-refractivity contribution in [1.29, 1.82) is 0 Å². The van der Waals surface area contributed by atoms with Crippen molar-refractivity contribution in [2.24, 2.45) is 0 Å². The summed E-state index contributed by atoms with van der Waals surface area (Å²) < 4.78 is 7.22. The second-order valence-electron chi connectivity index (χ2n) is 4.68. The summed E-state index contributed by atoms with van der Waals surface area (Å²) in [5, 5.41) is 7.36. The molecule has 98 valence electrons. The van der Waals surface area contributed by atoms with Gasteiger partial charge in [0.2, 0.25) is 0 Å². The largest absolute Gasteiger partial charge is 0.361 e. The first kappa shape index (κ1) is 12.9. The molecule has 1 atom stereocenters. The fourth-order valence-electron chi connectivity index (χ4n) is 2.21. The minimum Gasteiger partial charge on any atom is -0.361 e. The number of nitrogens with one attached hydrogen (secondary N) is 1. The highest BCUT2D eigenvalue weighted by Crippen LogP contribution is 2.18. The Morgan fingerprint density at radius 1 is 1.50 bits per heavy atom. The lowest BCUT2D eigenvalue weighted by molar-refractivity contribution is 0.389. The molecule has 0 saturated carbocycles. The van der Waals surface area contributed by atoms with Crippen LogP contribution in [-0.2, 0) is 6.54 Å². The van der Waals surface area contributed by atoms with Gasteiger partial charge in [0.15, 0.2) is 0 Å². The Morgan fingerprint density at radius 3 is 2.94 bits per heavy atom. The van der Waals surface area contributed by atoms with Crippen LogP contribution in [0.4, 0.5) is 0 Å². The molecule has 4 heteroatoms. The third-order valence-electron chi connectivity index (χ3n) is 3.12. The molecule has 0 saturated heterocycles. The van der Waals surface area contributed by atoms with Crippen LogP contribution < -0.4 is 5.32 Å². The van der Waals surface area contributed by atoms with Crippen molar-refractivity contribution < 1.29 is 4.52 Å². The van der Waals surface area contributed by atoms with Crippen molar-refractivity contribution in [3.63, 3.8) is 0 Å². The minimum absolute atomic E-state index is 0.440. The van der Waals surface area contributed by atoms with Crippen LogP contribution in [0.3, 0.4) is 0 Å². The van der Waals surface area contributed by atoms with E-state index in [1.165, 1.54) is 12.0 Å². The molecular weight excluding hydrogens is 226 g/mol. The molecule has 0 aliphatic heterocycles. The van der Waals surface area contributed by atoms with Crippen molar-refractivity contribution in [2.45, 2.75) is 39.3 Å². The third kappa shape index (κ3) is 3.01. The van der Waals surface area contributed by atoms with Gasteiger partial charge in [-0.2, -0.15) is 0 Å². The molecule has 0 aliphatic carbocycles. The van der Waals surface area contributed by atoms with E-state index in [-0.39, 0.29) is 0 Å². The highest BCUT2D eigenvalue weighted by molar-refractivity contribution is 5.16. The van der Waals surface area contributed by atoms with Crippen LogP contribution in [0.5, 0.6) is 0 Å². The van der Waals surface area contributed by atoms with Gasteiger partial charge >= 0.3 is 0 Å². The average Bonchev–Trinajstić information content (AvgIpc) is 2.96. The van der Waals surface area contributed by atoms with Gasteiger partial charge in [-0.3, -0.25) is 0 Å². The molecule has 0 spiro atoms. The number of hydrogen-bond donors (Lipinski definition) is 1. The minimum atomic E-state index is 0.440. The van der Waals surface area contributed by atoms with Gasteiger partial charge in [0.05, 0.1) is 6.54 Å². The van der Waals surface area contributed by atoms with E-state index < -0.39 is 0 Å². The average molecular weight is 247 g/mol. The van der Waals surface area contributed by atoms with Gasteiger partial charge in [0.25, 0.3) is 0 Å². The van der Waals surface area contributed by atoms with Crippen molar-refractivity contribution in [1.82, 2.24) is 15.0 Å². The molecule has 1 N–H and O–H groups in total. The van der Waals surface area contributed by atoms with Gasteiger partial charge < -0.3 is 14.4 Å². The van der Waals surface area contributed by atoms with Gasteiger partial charge in [-0.25, -0.2) is 0 Å². The molecule has 0 aliphatic rings. The number of nitrogens with zero attached hydrogens (tertiary/aromatic N) is 2. The number of aryl methyl sites for hydroxylation is 1. The summed E-state index contributed by atoms with van der Waals surface area (Å²) in [6.45, 7) is 4.88. The normalized spacial score (nSPS) is 12.8. The van der Waals surface area contributed by atoms with Gasteiger partial charge in [-0.1, -0.05) is 18.5 Å². The Balaban J connectivity index is 2.05. The first-order valence-electron chi connectivity index (χ1n) is 6.48. The highest BCUT2D eigenvalue weighted by Gasteiger charge is 2.10. The van der Waals surface area contributed by atoms with E-state index in [1.54, 1.807) is 0 Å². The Morgan fingerprint density at radius 2 is 2.33 bits per heavy atom. The van der Waals surface area contributed by atoms with Crippen LogP contribution in [0, 0.1) is 6.92 Å². The molecule has 2 heterocycles. The Hall–Kier alpha value is -1.55. The van der Waals surface area contributed by atoms with E-state index in [2.05, 4.69) is 40.4 Å². The van der Waals surface area contributed by atoms with Crippen LogP contribution in [-0.4, -0.2) is 16.8 Å². The third-order valence-corrected chi connectivity index (χ3v) is 3.12. The predicted molar refractivity (Wildman–Crippen MR) is 71.5 cm³/mol. The first-order valence-corrected chi connectivity index (χ1v) is 6.48. The molecule has 0 radical (unpaired) electrons. The lowest BCUT2D eigenvalue weighted by atomic mass is 10.1. The van der Waals surface area contributed by atoms with Crippen LogP contribution in [0.25, 0.3) is 0 Å². The van der Waals surface area contributed by atoms with Crippen molar-refractivity contribution in [3.8, 4) is 0 Å². The molecule has 0 aromatic carbocycles. The molecule has 0 amide bonds. The quantitative estimate of drug-likeness (QED) is 0.853. The monoisotopic (exact) mass is 247 g/mol. The van der Waals surface area contributed by atoms with Gasteiger partial charge in [-0.15, -0.1) is 0 Å². The lowest BCUT2D eigenvalue weighted by Crippen LogP contribution is -2.15. The SMILES string of the molecule is CCCC(NC)c1ccn(Cc2cc(C)on2)c1. The Kier molecular flexibility index (Phi) is 4.20. The van der Waals surface area contributed by atoms with Crippen LogP contribution >= 0.6 is 0 Å². The van der Waals surface area contributed by atoms with Crippen molar-refractivity contribution in [2.75, 3.05) is 7.05 Å². The topological polar surface area (TPSA) is 43.0 Å². The first-order chi connectivity index (χ1) is 8.72. The van der Waals surface area contributed by atoms with Crippen molar-refractivity contribution in [3.05, 3.63) is 41.5 Å². The smallest absolute Gasteiger partial charge is 0.133 e. The van der Waals surface area contributed by atoms with E-state index in [4.69, 9.17) is 4.52 Å². The summed E-state index contributed by atoms with van der Waals surface area (Å²) in [4.78, 5) is 0. The van der Waals surface area contributed by atoms with E-state index in [9.17, 15) is 0 Å². The number of rotatable bonds is 6. The fourth-order valence-corrected chi connectivity index (χ4v) is 2.21. The standard InChI is InChI=1S/C14H21N3O/c1-4-5-14(15-3)12-6-7-17(9-12)10-13-8-11(2)18-16-13/h6-9,14-15H,4-5,10H2,1-3H3. The lowest BCUT2D eigenvalue weighted by Gasteiger charge is -2.13. The van der Waals surface area contributed by atoms with Gasteiger partial charge in [-0.05, 0) is 32.0 Å². The molecule has 2 aromatic heterocycles. The fraction of sp³-hybridized carbons (Fsp3) is 0.500. The molecule has 18 heavy (non-hydrogen) atoms. The summed E-state index contributed by atoms with van der Waals surface area (Å²) in [5.41, 5.74) is 2.30. The second-order valence-corrected chi connectivity index (χ2v) is 4.68. The maximum absolute atomic E-state index is 5.08. The molecule has 1 unspecified atom stereocenters. The summed E-state index contributed by atoms with van der Waals surface area (Å²) in [7, 11) is 2.01. The van der Waals surface area contributed by atoms with Gasteiger partial charge in [0.1, 0.15) is 11.5 Å². The highest BCUT2D eigenvalue weighted by atomic mass is 16.5. The zero-order valence-corrected chi connectivity index (χ0v) is 11.3. The van der Waals surface area contributed by atoms with E-state index in [0.29, 0.717) is 6.04 Å². The molecule has 4 nitrogen and oxygen atoms in total. The summed E-state index contributed by atoms with van der Waals surface area (Å²) in [5.74, 6) is 0.858. The number of aromatic nitrogens is 2. The zero-order valence-electron chi connectivity index (χ0n) is 11.3. The molecule has 2 aromatic rings. The van der Waals surface area contributed by atoms with Crippen LogP contribution in [0.2, 0.25) is 0 Å². The van der Waals surface area contributed by atoms with Crippen molar-refractivity contribution >= 4 is 0 Å². The molecule has 0 fully saturated rings. The van der Waals surface area contributed by atoms with E-state index in [0.717, 1.165) is 24.4 Å². The van der Waals surface area contributed by atoms with E-state index >= 15 is 0 Å². The maximum atomic E-state index is 5.08. The molecular formula is C14H21N3O. The predicted octanol–water partition coefficient (Wildman–Crippen LogP) is 2.89. The Bertz CT molecular complexity index is 487. The number of hydrogen-bond acceptors (Lipinski definition) is 3. The van der Waals surface area contributed by atoms with E-state index in [1.807, 2.05) is 20.0 Å². The second kappa shape index (κ2) is 5.87. The zero-order chi connectivity index (χ0) is 13.0. The summed E-state index contributed by atoms with van der Waals surface area (Å²) in [6, 6.07) is 4.58. The summed E-state index contributed by atoms with van der Waals surface area (Å²) in [6.07, 6.45) is 6.61. The summed E-state index contributed by atoms with van der Waals surface area (Å²) >= 11 is 0. The maximum Gasteiger partial charge on any atom is 0.133 e. The van der Waals surface area contributed by atoms with Gasteiger partial charge in [0, 0.05) is 24.5 Å². The molecule has 0 bridgehead atoms. The molecule has 2 rings (SSSR count). The van der Waals surface area contributed by atoms with Crippen LogP contribution in [0.15, 0.2) is 29.0 Å².